The third-order valence-corrected chi connectivity index (χ3v) is 3.70. The molecule has 6 heteroatoms. The van der Waals surface area contributed by atoms with Crippen molar-refractivity contribution in [3.05, 3.63) is 52.0 Å². The molecule has 1 aliphatic carbocycles. The van der Waals surface area contributed by atoms with Crippen LogP contribution in [0, 0.1) is 12.8 Å². The summed E-state index contributed by atoms with van der Waals surface area (Å²) in [6.45, 7) is 1.36. The molecule has 0 fully saturated rings. The summed E-state index contributed by atoms with van der Waals surface area (Å²) in [5.74, 6) is -0.0516. The SMILES string of the molecule is Cc1cc(C2=CC=CCC2CCOC(F)(F)F)cn(C)c1=O. The molecule has 0 spiro atoms. The predicted octanol–water partition coefficient (Wildman–Crippen LogP) is 3.58. The number of alkyl halides is 3. The van der Waals surface area contributed by atoms with Crippen molar-refractivity contribution in [2.45, 2.75) is 26.1 Å². The zero-order valence-electron chi connectivity index (χ0n) is 12.5. The second kappa shape index (κ2) is 6.52. The molecule has 0 radical (unpaired) electrons. The minimum Gasteiger partial charge on any atom is -0.318 e. The molecule has 0 N–H and O–H groups in total. The van der Waals surface area contributed by atoms with Crippen LogP contribution in [0.4, 0.5) is 13.2 Å². The summed E-state index contributed by atoms with van der Waals surface area (Å²) in [6, 6.07) is 1.78. The van der Waals surface area contributed by atoms with E-state index in [0.717, 1.165) is 11.1 Å². The standard InChI is InChI=1S/C16H18F3NO2/c1-11-9-13(10-20(2)15(11)21)14-6-4-3-5-12(14)7-8-22-16(17,18)19/h3-4,6,9-10,12H,5,7-8H2,1-2H3. The Morgan fingerprint density at radius 3 is 2.77 bits per heavy atom. The van der Waals surface area contributed by atoms with E-state index in [1.165, 1.54) is 4.57 Å². The van der Waals surface area contributed by atoms with Crippen molar-refractivity contribution in [1.82, 2.24) is 4.57 Å². The van der Waals surface area contributed by atoms with Crippen molar-refractivity contribution in [1.29, 1.82) is 0 Å². The van der Waals surface area contributed by atoms with Crippen molar-refractivity contribution < 1.29 is 17.9 Å². The van der Waals surface area contributed by atoms with Gasteiger partial charge in [-0.25, -0.2) is 0 Å². The number of hydrogen-bond donors (Lipinski definition) is 0. The number of halogens is 3. The minimum absolute atomic E-state index is 0.0516. The van der Waals surface area contributed by atoms with Crippen LogP contribution in [0.5, 0.6) is 0 Å². The molecule has 1 aromatic heterocycles. The lowest BCUT2D eigenvalue weighted by atomic mass is 9.85. The van der Waals surface area contributed by atoms with Crippen molar-refractivity contribution in [3.8, 4) is 0 Å². The summed E-state index contributed by atoms with van der Waals surface area (Å²) in [6.07, 6.45) is 3.76. The van der Waals surface area contributed by atoms with Crippen LogP contribution in [0.15, 0.2) is 35.3 Å². The normalized spacial score (nSPS) is 18.4. The van der Waals surface area contributed by atoms with Gasteiger partial charge in [-0.05, 0) is 42.9 Å². The Kier molecular flexibility index (Phi) is 4.90. The highest BCUT2D eigenvalue weighted by Crippen LogP contribution is 2.32. The quantitative estimate of drug-likeness (QED) is 0.851. The topological polar surface area (TPSA) is 31.2 Å². The van der Waals surface area contributed by atoms with E-state index in [1.807, 2.05) is 18.2 Å². The summed E-state index contributed by atoms with van der Waals surface area (Å²) in [5.41, 5.74) is 2.33. The van der Waals surface area contributed by atoms with Gasteiger partial charge < -0.3 is 4.57 Å². The van der Waals surface area contributed by atoms with Gasteiger partial charge in [-0.1, -0.05) is 18.2 Å². The first-order valence-corrected chi connectivity index (χ1v) is 7.03. The molecule has 0 saturated carbocycles. The summed E-state index contributed by atoms with van der Waals surface area (Å²) in [7, 11) is 1.67. The Bertz CT molecular complexity index is 630. The van der Waals surface area contributed by atoms with Gasteiger partial charge in [0.15, 0.2) is 0 Å². The predicted molar refractivity (Wildman–Crippen MR) is 78.3 cm³/mol. The molecule has 1 aromatic rings. The van der Waals surface area contributed by atoms with Crippen molar-refractivity contribution in [2.75, 3.05) is 6.61 Å². The van der Waals surface area contributed by atoms with Crippen LogP contribution < -0.4 is 5.56 Å². The molecule has 1 aliphatic rings. The third-order valence-electron chi connectivity index (χ3n) is 3.70. The molecule has 1 heterocycles. The highest BCUT2D eigenvalue weighted by atomic mass is 19.4. The average Bonchev–Trinajstić information content (AvgIpc) is 2.43. The fraction of sp³-hybridized carbons (Fsp3) is 0.438. The van der Waals surface area contributed by atoms with Gasteiger partial charge >= 0.3 is 6.36 Å². The molecule has 120 valence electrons. The zero-order valence-corrected chi connectivity index (χ0v) is 12.5. The number of hydrogen-bond acceptors (Lipinski definition) is 2. The highest BCUT2D eigenvalue weighted by Gasteiger charge is 2.29. The fourth-order valence-corrected chi connectivity index (χ4v) is 2.64. The number of ether oxygens (including phenoxy) is 1. The number of aromatic nitrogens is 1. The van der Waals surface area contributed by atoms with Crippen LogP contribution in [0.3, 0.4) is 0 Å². The molecule has 3 nitrogen and oxygen atoms in total. The van der Waals surface area contributed by atoms with Crippen LogP contribution in [-0.2, 0) is 11.8 Å². The Morgan fingerprint density at radius 1 is 1.41 bits per heavy atom. The van der Waals surface area contributed by atoms with E-state index >= 15 is 0 Å². The molecule has 0 aliphatic heterocycles. The van der Waals surface area contributed by atoms with Gasteiger partial charge in [0.1, 0.15) is 0 Å². The van der Waals surface area contributed by atoms with Crippen molar-refractivity contribution in [2.24, 2.45) is 13.0 Å². The highest BCUT2D eigenvalue weighted by molar-refractivity contribution is 5.70. The van der Waals surface area contributed by atoms with Gasteiger partial charge in [0.25, 0.3) is 5.56 Å². The summed E-state index contributed by atoms with van der Waals surface area (Å²) < 4.78 is 41.6. The lowest BCUT2D eigenvalue weighted by molar-refractivity contribution is -0.325. The molecule has 2 rings (SSSR count). The Labute approximate surface area is 126 Å². The van der Waals surface area contributed by atoms with Crippen molar-refractivity contribution >= 4 is 5.57 Å². The number of nitrogens with zero attached hydrogens (tertiary/aromatic N) is 1. The van der Waals surface area contributed by atoms with Crippen LogP contribution in [-0.4, -0.2) is 17.5 Å². The van der Waals surface area contributed by atoms with E-state index < -0.39 is 6.36 Å². The van der Waals surface area contributed by atoms with Gasteiger partial charge in [0.05, 0.1) is 6.61 Å². The van der Waals surface area contributed by atoms with Crippen molar-refractivity contribution in [3.63, 3.8) is 0 Å². The van der Waals surface area contributed by atoms with Crippen LogP contribution >= 0.6 is 0 Å². The molecule has 0 aromatic carbocycles. The minimum atomic E-state index is -4.60. The Morgan fingerprint density at radius 2 is 2.14 bits per heavy atom. The van der Waals surface area contributed by atoms with Gasteiger partial charge in [-0.3, -0.25) is 9.53 Å². The lowest BCUT2D eigenvalue weighted by Crippen LogP contribution is -2.21. The summed E-state index contributed by atoms with van der Waals surface area (Å²) in [5, 5.41) is 0. The molecule has 1 unspecified atom stereocenters. The van der Waals surface area contributed by atoms with Gasteiger partial charge in [-0.2, -0.15) is 0 Å². The first-order valence-electron chi connectivity index (χ1n) is 7.03. The molecular weight excluding hydrogens is 295 g/mol. The van der Waals surface area contributed by atoms with E-state index in [1.54, 1.807) is 26.2 Å². The van der Waals surface area contributed by atoms with E-state index in [2.05, 4.69) is 4.74 Å². The molecule has 0 amide bonds. The van der Waals surface area contributed by atoms with Crippen LogP contribution in [0.25, 0.3) is 5.57 Å². The second-order valence-corrected chi connectivity index (χ2v) is 5.39. The van der Waals surface area contributed by atoms with E-state index in [4.69, 9.17) is 0 Å². The smallest absolute Gasteiger partial charge is 0.318 e. The van der Waals surface area contributed by atoms with Gasteiger partial charge in [-0.15, -0.1) is 13.2 Å². The van der Waals surface area contributed by atoms with E-state index in [-0.39, 0.29) is 24.5 Å². The Balaban J connectivity index is 2.18. The first kappa shape index (κ1) is 16.5. The van der Waals surface area contributed by atoms with Gasteiger partial charge in [0.2, 0.25) is 0 Å². The molecular formula is C16H18F3NO2. The molecule has 0 bridgehead atoms. The second-order valence-electron chi connectivity index (χ2n) is 5.39. The lowest BCUT2D eigenvalue weighted by Gasteiger charge is -2.23. The number of rotatable bonds is 4. The monoisotopic (exact) mass is 313 g/mol. The largest absolute Gasteiger partial charge is 0.522 e. The number of aryl methyl sites for hydroxylation is 2. The zero-order chi connectivity index (χ0) is 16.3. The van der Waals surface area contributed by atoms with Gasteiger partial charge in [0, 0.05) is 18.8 Å². The maximum atomic E-state index is 12.1. The van der Waals surface area contributed by atoms with E-state index in [0.29, 0.717) is 12.0 Å². The first-order chi connectivity index (χ1) is 10.3. The fourth-order valence-electron chi connectivity index (χ4n) is 2.64. The maximum absolute atomic E-state index is 12.1. The van der Waals surface area contributed by atoms with Crippen LogP contribution in [0.2, 0.25) is 0 Å². The average molecular weight is 313 g/mol. The molecule has 1 atom stereocenters. The summed E-state index contributed by atoms with van der Waals surface area (Å²) >= 11 is 0. The Hall–Kier alpha value is -1.82. The summed E-state index contributed by atoms with van der Waals surface area (Å²) in [4.78, 5) is 11.8. The maximum Gasteiger partial charge on any atom is 0.522 e. The van der Waals surface area contributed by atoms with E-state index in [9.17, 15) is 18.0 Å². The third kappa shape index (κ3) is 4.10. The number of pyridine rings is 1. The molecule has 22 heavy (non-hydrogen) atoms. The van der Waals surface area contributed by atoms with Crippen LogP contribution in [0.1, 0.15) is 24.0 Å². The molecule has 0 saturated heterocycles. The number of allylic oxidation sites excluding steroid dienone is 4.